The van der Waals surface area contributed by atoms with E-state index in [-0.39, 0.29) is 11.8 Å². The zero-order valence-corrected chi connectivity index (χ0v) is 23.2. The molecule has 0 aliphatic carbocycles. The van der Waals surface area contributed by atoms with Gasteiger partial charge >= 0.3 is 6.09 Å². The van der Waals surface area contributed by atoms with Gasteiger partial charge in [-0.3, -0.25) is 19.1 Å². The van der Waals surface area contributed by atoms with Crippen LogP contribution in [0.3, 0.4) is 0 Å². The molecule has 2 amide bonds. The molecule has 0 spiro atoms. The number of fused-ring (bicyclic) bond motifs is 1. The molecular formula is C30H37N3O4. The molecule has 1 aromatic heterocycles. The molecule has 2 heterocycles. The SMILES string of the molecule is CN1C(=O)[C@](C)(c2cn(C(=O)OC(C)(C)C)c3ccccc23)N(C(=O)c2ccccc2)[C@]1(C)C(C)(C)C. The standard InChI is InChI=1S/C30H37N3O4/c1-27(2,3)30(8)31(9)25(35)29(7,33(30)24(34)20-15-11-10-12-16-20)22-19-32(26(36)37-28(4,5)6)23-18-14-13-17-21(22)23/h10-19H,1-9H3/t29-,30+/m0/s1. The maximum Gasteiger partial charge on any atom is 0.419 e. The maximum atomic E-state index is 14.3. The Bertz CT molecular complexity index is 1380. The number of para-hydroxylation sites is 1. The molecule has 1 saturated heterocycles. The third-order valence-electron chi connectivity index (χ3n) is 7.73. The van der Waals surface area contributed by atoms with E-state index in [0.717, 1.165) is 0 Å². The van der Waals surface area contributed by atoms with Crippen LogP contribution in [0.5, 0.6) is 0 Å². The van der Waals surface area contributed by atoms with Crippen molar-refractivity contribution < 1.29 is 19.1 Å². The minimum atomic E-state index is -1.39. The molecule has 196 valence electrons. The molecule has 37 heavy (non-hydrogen) atoms. The van der Waals surface area contributed by atoms with Gasteiger partial charge in [0.25, 0.3) is 11.8 Å². The van der Waals surface area contributed by atoms with Crippen LogP contribution < -0.4 is 0 Å². The van der Waals surface area contributed by atoms with Crippen LogP contribution in [0, 0.1) is 5.41 Å². The van der Waals surface area contributed by atoms with Gasteiger partial charge in [0, 0.05) is 35.2 Å². The number of carbonyl (C=O) groups is 3. The minimum absolute atomic E-state index is 0.221. The van der Waals surface area contributed by atoms with E-state index in [2.05, 4.69) is 0 Å². The summed E-state index contributed by atoms with van der Waals surface area (Å²) in [5.74, 6) is -0.478. The largest absolute Gasteiger partial charge is 0.443 e. The number of aromatic nitrogens is 1. The smallest absolute Gasteiger partial charge is 0.419 e. The summed E-state index contributed by atoms with van der Waals surface area (Å²) in [6.07, 6.45) is 1.11. The van der Waals surface area contributed by atoms with Crippen molar-refractivity contribution in [1.29, 1.82) is 0 Å². The quantitative estimate of drug-likeness (QED) is 0.429. The highest BCUT2D eigenvalue weighted by Gasteiger charge is 2.66. The van der Waals surface area contributed by atoms with E-state index >= 15 is 0 Å². The molecule has 1 aliphatic rings. The lowest BCUT2D eigenvalue weighted by atomic mass is 9.78. The molecule has 2 aromatic carbocycles. The van der Waals surface area contributed by atoms with Gasteiger partial charge in [-0.15, -0.1) is 0 Å². The van der Waals surface area contributed by atoms with Crippen LogP contribution in [0.2, 0.25) is 0 Å². The second kappa shape index (κ2) is 8.47. The van der Waals surface area contributed by atoms with Gasteiger partial charge in [-0.2, -0.15) is 0 Å². The van der Waals surface area contributed by atoms with E-state index < -0.39 is 28.3 Å². The van der Waals surface area contributed by atoms with Crippen molar-refractivity contribution >= 4 is 28.8 Å². The van der Waals surface area contributed by atoms with E-state index in [9.17, 15) is 14.4 Å². The number of hydrogen-bond donors (Lipinski definition) is 0. The lowest BCUT2D eigenvalue weighted by Crippen LogP contribution is -2.62. The van der Waals surface area contributed by atoms with Gasteiger partial charge in [0.15, 0.2) is 0 Å². The van der Waals surface area contributed by atoms with Crippen molar-refractivity contribution in [3.8, 4) is 0 Å². The Morgan fingerprint density at radius 1 is 0.865 bits per heavy atom. The first-order chi connectivity index (χ1) is 17.0. The topological polar surface area (TPSA) is 71.9 Å². The Morgan fingerprint density at radius 2 is 1.43 bits per heavy atom. The number of amides is 2. The van der Waals surface area contributed by atoms with Crippen LogP contribution in [-0.2, 0) is 15.1 Å². The molecule has 0 unspecified atom stereocenters. The van der Waals surface area contributed by atoms with Gasteiger partial charge in [-0.05, 0) is 52.8 Å². The molecule has 1 aliphatic heterocycles. The number of nitrogens with zero attached hydrogens (tertiary/aromatic N) is 3. The molecule has 7 heteroatoms. The fraction of sp³-hybridized carbons (Fsp3) is 0.433. The van der Waals surface area contributed by atoms with E-state index in [1.54, 1.807) is 42.1 Å². The Balaban J connectivity index is 2.03. The van der Waals surface area contributed by atoms with Gasteiger partial charge in [0.1, 0.15) is 16.8 Å². The zero-order chi connectivity index (χ0) is 27.6. The molecule has 1 fully saturated rings. The molecule has 0 bridgehead atoms. The van der Waals surface area contributed by atoms with Crippen LogP contribution in [0.4, 0.5) is 4.79 Å². The van der Waals surface area contributed by atoms with Crippen molar-refractivity contribution in [2.45, 2.75) is 72.2 Å². The molecule has 0 saturated carbocycles. The lowest BCUT2D eigenvalue weighted by Gasteiger charge is -2.50. The van der Waals surface area contributed by atoms with Gasteiger partial charge in [-0.1, -0.05) is 57.2 Å². The number of hydrogen-bond acceptors (Lipinski definition) is 4. The summed E-state index contributed by atoms with van der Waals surface area (Å²) < 4.78 is 7.11. The van der Waals surface area contributed by atoms with Crippen molar-refractivity contribution in [1.82, 2.24) is 14.4 Å². The number of likely N-dealkylation sites (N-methyl/N-ethyl adjacent to an activating group) is 1. The predicted molar refractivity (Wildman–Crippen MR) is 144 cm³/mol. The number of carbonyl (C=O) groups excluding carboxylic acids is 3. The maximum absolute atomic E-state index is 14.3. The van der Waals surface area contributed by atoms with Crippen molar-refractivity contribution in [2.75, 3.05) is 7.05 Å². The van der Waals surface area contributed by atoms with Crippen LogP contribution in [-0.4, -0.2) is 50.6 Å². The fourth-order valence-corrected chi connectivity index (χ4v) is 5.42. The highest BCUT2D eigenvalue weighted by atomic mass is 16.6. The van der Waals surface area contributed by atoms with Crippen molar-refractivity contribution in [2.24, 2.45) is 5.41 Å². The summed E-state index contributed by atoms with van der Waals surface area (Å²) in [5.41, 5.74) is -1.89. The third kappa shape index (κ3) is 3.92. The van der Waals surface area contributed by atoms with E-state index in [0.29, 0.717) is 22.0 Å². The molecule has 3 aromatic rings. The first-order valence-corrected chi connectivity index (χ1v) is 12.6. The number of benzene rings is 2. The summed E-state index contributed by atoms with van der Waals surface area (Å²) in [4.78, 5) is 45.2. The molecule has 4 rings (SSSR count). The monoisotopic (exact) mass is 503 g/mol. The van der Waals surface area contributed by atoms with Gasteiger partial charge in [0.2, 0.25) is 0 Å². The highest BCUT2D eigenvalue weighted by molar-refractivity contribution is 6.05. The first-order valence-electron chi connectivity index (χ1n) is 12.6. The van der Waals surface area contributed by atoms with Gasteiger partial charge < -0.3 is 9.64 Å². The van der Waals surface area contributed by atoms with Crippen molar-refractivity contribution in [3.05, 3.63) is 71.9 Å². The zero-order valence-electron chi connectivity index (χ0n) is 23.2. The average Bonchev–Trinajstić information content (AvgIpc) is 3.28. The Hall–Kier alpha value is -3.61. The molecule has 7 nitrogen and oxygen atoms in total. The number of rotatable bonds is 2. The van der Waals surface area contributed by atoms with Gasteiger partial charge in [-0.25, -0.2) is 4.79 Å². The average molecular weight is 504 g/mol. The van der Waals surface area contributed by atoms with Crippen LogP contribution in [0.1, 0.15) is 71.3 Å². The van der Waals surface area contributed by atoms with E-state index in [1.165, 1.54) is 4.57 Å². The second-order valence-corrected chi connectivity index (χ2v) is 12.1. The van der Waals surface area contributed by atoms with Gasteiger partial charge in [0.05, 0.1) is 5.52 Å². The Labute approximate surface area is 219 Å². The predicted octanol–water partition coefficient (Wildman–Crippen LogP) is 6.02. The van der Waals surface area contributed by atoms with E-state index in [4.69, 9.17) is 4.74 Å². The molecule has 0 radical (unpaired) electrons. The summed E-state index contributed by atoms with van der Waals surface area (Å²) in [6.45, 7) is 15.2. The third-order valence-corrected chi connectivity index (χ3v) is 7.73. The lowest BCUT2D eigenvalue weighted by molar-refractivity contribution is -0.135. The summed E-state index contributed by atoms with van der Waals surface area (Å²) in [5, 5.41) is 0.710. The highest BCUT2D eigenvalue weighted by Crippen LogP contribution is 2.53. The first kappa shape index (κ1) is 26.5. The summed E-state index contributed by atoms with van der Waals surface area (Å²) in [7, 11) is 1.75. The fourth-order valence-electron chi connectivity index (χ4n) is 5.42. The Morgan fingerprint density at radius 3 is 2.00 bits per heavy atom. The van der Waals surface area contributed by atoms with Crippen LogP contribution in [0.25, 0.3) is 10.9 Å². The second-order valence-electron chi connectivity index (χ2n) is 12.1. The summed E-state index contributed by atoms with van der Waals surface area (Å²) in [6, 6.07) is 16.4. The summed E-state index contributed by atoms with van der Waals surface area (Å²) >= 11 is 0. The van der Waals surface area contributed by atoms with Crippen LogP contribution in [0.15, 0.2) is 60.8 Å². The van der Waals surface area contributed by atoms with Crippen molar-refractivity contribution in [3.63, 3.8) is 0 Å². The van der Waals surface area contributed by atoms with Crippen LogP contribution >= 0.6 is 0 Å². The number of ether oxygens (including phenoxy) is 1. The molecule has 2 atom stereocenters. The molecule has 0 N–H and O–H groups in total. The minimum Gasteiger partial charge on any atom is -0.443 e. The van der Waals surface area contributed by atoms with E-state index in [1.807, 2.05) is 90.9 Å². The Kier molecular flexibility index (Phi) is 6.05. The molecular weight excluding hydrogens is 466 g/mol. The normalized spacial score (nSPS) is 22.6.